The summed E-state index contributed by atoms with van der Waals surface area (Å²) in [6, 6.07) is 6.72. The number of sulfonamides is 1. The van der Waals surface area contributed by atoms with Gasteiger partial charge >= 0.3 is 0 Å². The maximum atomic E-state index is 11.8. The first-order valence-corrected chi connectivity index (χ1v) is 6.74. The fourth-order valence-electron chi connectivity index (χ4n) is 1.39. The maximum absolute atomic E-state index is 11.8. The quantitative estimate of drug-likeness (QED) is 0.621. The van der Waals surface area contributed by atoms with E-state index in [0.29, 0.717) is 11.3 Å². The number of H-pyrrole nitrogens is 1. The lowest BCUT2D eigenvalue weighted by Crippen LogP contribution is -2.25. The molecule has 2 aromatic rings. The van der Waals surface area contributed by atoms with Crippen molar-refractivity contribution in [1.29, 1.82) is 0 Å². The average molecular weight is 268 g/mol. The van der Waals surface area contributed by atoms with Gasteiger partial charge in [-0.3, -0.25) is 0 Å². The van der Waals surface area contributed by atoms with Gasteiger partial charge in [-0.15, -0.1) is 10.2 Å². The van der Waals surface area contributed by atoms with Crippen LogP contribution in [0.15, 0.2) is 24.3 Å². The van der Waals surface area contributed by atoms with Gasteiger partial charge in [0.15, 0.2) is 5.82 Å². The number of tetrazole rings is 1. The molecule has 1 heterocycles. The molecule has 4 N–H and O–H groups in total. The van der Waals surface area contributed by atoms with E-state index >= 15 is 0 Å². The van der Waals surface area contributed by atoms with Crippen LogP contribution in [0, 0.1) is 0 Å². The fraction of sp³-hybridized carbons (Fsp3) is 0.222. The summed E-state index contributed by atoms with van der Waals surface area (Å²) in [6.07, 6.45) is 0. The summed E-state index contributed by atoms with van der Waals surface area (Å²) in [5.41, 5.74) is 6.73. The summed E-state index contributed by atoms with van der Waals surface area (Å²) >= 11 is 0. The molecule has 0 aliphatic rings. The highest BCUT2D eigenvalue weighted by Gasteiger charge is 2.12. The van der Waals surface area contributed by atoms with Crippen LogP contribution in [-0.4, -0.2) is 29.0 Å². The summed E-state index contributed by atoms with van der Waals surface area (Å²) in [5, 5.41) is 12.9. The van der Waals surface area contributed by atoms with Crippen LogP contribution in [0.5, 0.6) is 0 Å². The standard InChI is InChI=1S/C9H12N6O2S/c10-8-3-1-2-7(4-8)6-18(16,17)11-5-9-12-14-15-13-9/h1-4,11H,5-6,10H2,(H,12,13,14,15). The first-order valence-electron chi connectivity index (χ1n) is 5.09. The zero-order chi connectivity index (χ0) is 13.0. The predicted molar refractivity (Wildman–Crippen MR) is 64.5 cm³/mol. The number of aromatic nitrogens is 4. The minimum Gasteiger partial charge on any atom is -0.399 e. The molecular weight excluding hydrogens is 256 g/mol. The normalized spacial score (nSPS) is 11.6. The van der Waals surface area contributed by atoms with E-state index in [-0.39, 0.29) is 18.1 Å². The van der Waals surface area contributed by atoms with E-state index in [1.807, 2.05) is 0 Å². The van der Waals surface area contributed by atoms with E-state index in [2.05, 4.69) is 25.3 Å². The van der Waals surface area contributed by atoms with E-state index in [1.54, 1.807) is 24.3 Å². The van der Waals surface area contributed by atoms with Crippen molar-refractivity contribution < 1.29 is 8.42 Å². The van der Waals surface area contributed by atoms with Gasteiger partial charge in [0.05, 0.1) is 12.3 Å². The molecule has 0 aliphatic heterocycles. The minimum atomic E-state index is -3.45. The molecule has 0 atom stereocenters. The van der Waals surface area contributed by atoms with Crippen molar-refractivity contribution in [3.63, 3.8) is 0 Å². The van der Waals surface area contributed by atoms with Crippen LogP contribution in [0.25, 0.3) is 0 Å². The third-order valence-corrected chi connectivity index (χ3v) is 3.44. The number of nitrogen functional groups attached to an aromatic ring is 1. The van der Waals surface area contributed by atoms with Crippen LogP contribution in [-0.2, 0) is 22.3 Å². The molecule has 0 aliphatic carbocycles. The summed E-state index contributed by atoms with van der Waals surface area (Å²) < 4.78 is 25.9. The van der Waals surface area contributed by atoms with Crippen molar-refractivity contribution in [2.75, 3.05) is 5.73 Å². The largest absolute Gasteiger partial charge is 0.399 e. The fourth-order valence-corrected chi connectivity index (χ4v) is 2.45. The van der Waals surface area contributed by atoms with Crippen molar-refractivity contribution in [2.45, 2.75) is 12.3 Å². The monoisotopic (exact) mass is 268 g/mol. The number of nitrogens with zero attached hydrogens (tertiary/aromatic N) is 3. The Morgan fingerprint density at radius 3 is 2.89 bits per heavy atom. The van der Waals surface area contributed by atoms with Gasteiger partial charge in [0.2, 0.25) is 10.0 Å². The zero-order valence-corrected chi connectivity index (χ0v) is 10.2. The van der Waals surface area contributed by atoms with Crippen molar-refractivity contribution in [3.05, 3.63) is 35.7 Å². The molecule has 0 bridgehead atoms. The Labute approximate surface area is 104 Å². The smallest absolute Gasteiger partial charge is 0.216 e. The number of hydrogen-bond donors (Lipinski definition) is 3. The lowest BCUT2D eigenvalue weighted by molar-refractivity contribution is 0.578. The number of nitrogens with two attached hydrogens (primary N) is 1. The Hall–Kier alpha value is -2.00. The van der Waals surface area contributed by atoms with E-state index in [9.17, 15) is 8.42 Å². The molecule has 2 rings (SSSR count). The second-order valence-corrected chi connectivity index (χ2v) is 5.46. The average Bonchev–Trinajstić information content (AvgIpc) is 2.78. The third-order valence-electron chi connectivity index (χ3n) is 2.15. The van der Waals surface area contributed by atoms with Gasteiger partial charge in [0.1, 0.15) is 0 Å². The molecule has 0 fully saturated rings. The van der Waals surface area contributed by atoms with Gasteiger partial charge in [-0.05, 0) is 17.7 Å². The molecule has 0 saturated carbocycles. The predicted octanol–water partition coefficient (Wildman–Crippen LogP) is -0.599. The molecule has 0 unspecified atom stereocenters. The molecule has 0 radical (unpaired) electrons. The SMILES string of the molecule is Nc1cccc(CS(=O)(=O)NCc2nn[nH]n2)c1. The second kappa shape index (κ2) is 5.10. The van der Waals surface area contributed by atoms with Gasteiger partial charge in [0, 0.05) is 5.69 Å². The third kappa shape index (κ3) is 3.50. The highest BCUT2D eigenvalue weighted by atomic mass is 32.2. The van der Waals surface area contributed by atoms with Crippen molar-refractivity contribution in [1.82, 2.24) is 25.3 Å². The van der Waals surface area contributed by atoms with E-state index in [1.165, 1.54) is 0 Å². The Bertz CT molecular complexity index is 610. The molecule has 0 spiro atoms. The number of hydrogen-bond acceptors (Lipinski definition) is 6. The molecule has 96 valence electrons. The van der Waals surface area contributed by atoms with Gasteiger partial charge in [-0.1, -0.05) is 17.3 Å². The molecule has 0 amide bonds. The summed E-state index contributed by atoms with van der Waals surface area (Å²) in [6.45, 7) is 0.00114. The number of anilines is 1. The number of aromatic amines is 1. The van der Waals surface area contributed by atoms with Gasteiger partial charge in [-0.25, -0.2) is 13.1 Å². The molecule has 18 heavy (non-hydrogen) atoms. The second-order valence-electron chi connectivity index (χ2n) is 3.65. The topological polar surface area (TPSA) is 127 Å². The van der Waals surface area contributed by atoms with Crippen LogP contribution < -0.4 is 10.5 Å². The van der Waals surface area contributed by atoms with E-state index < -0.39 is 10.0 Å². The van der Waals surface area contributed by atoms with Gasteiger partial charge < -0.3 is 5.73 Å². The molecular formula is C9H12N6O2S. The summed E-state index contributed by atoms with van der Waals surface area (Å²) in [5.74, 6) is 0.141. The van der Waals surface area contributed by atoms with Crippen LogP contribution >= 0.6 is 0 Å². The maximum Gasteiger partial charge on any atom is 0.216 e. The Morgan fingerprint density at radius 2 is 2.22 bits per heavy atom. The van der Waals surface area contributed by atoms with Crippen LogP contribution in [0.4, 0.5) is 5.69 Å². The number of benzene rings is 1. The highest BCUT2D eigenvalue weighted by molar-refractivity contribution is 7.88. The summed E-state index contributed by atoms with van der Waals surface area (Å²) in [7, 11) is -3.45. The first-order chi connectivity index (χ1) is 8.55. The number of rotatable bonds is 5. The van der Waals surface area contributed by atoms with E-state index in [0.717, 1.165) is 0 Å². The van der Waals surface area contributed by atoms with Crippen LogP contribution in [0.1, 0.15) is 11.4 Å². The molecule has 1 aromatic heterocycles. The highest BCUT2D eigenvalue weighted by Crippen LogP contribution is 2.09. The van der Waals surface area contributed by atoms with Gasteiger partial charge in [-0.2, -0.15) is 5.21 Å². The van der Waals surface area contributed by atoms with Crippen molar-refractivity contribution in [2.24, 2.45) is 0 Å². The van der Waals surface area contributed by atoms with Gasteiger partial charge in [0.25, 0.3) is 0 Å². The molecule has 8 nitrogen and oxygen atoms in total. The number of nitrogens with one attached hydrogen (secondary N) is 2. The zero-order valence-electron chi connectivity index (χ0n) is 9.37. The Balaban J connectivity index is 1.99. The Morgan fingerprint density at radius 1 is 1.39 bits per heavy atom. The lowest BCUT2D eigenvalue weighted by atomic mass is 10.2. The minimum absolute atomic E-state index is 0.00114. The Kier molecular flexibility index (Phi) is 3.53. The van der Waals surface area contributed by atoms with E-state index in [4.69, 9.17) is 5.73 Å². The first kappa shape index (κ1) is 12.5. The lowest BCUT2D eigenvalue weighted by Gasteiger charge is -2.05. The van der Waals surface area contributed by atoms with Crippen LogP contribution in [0.3, 0.4) is 0 Å². The molecule has 9 heteroatoms. The molecule has 0 saturated heterocycles. The summed E-state index contributed by atoms with van der Waals surface area (Å²) in [4.78, 5) is 0. The van der Waals surface area contributed by atoms with Crippen LogP contribution in [0.2, 0.25) is 0 Å². The van der Waals surface area contributed by atoms with Crippen molar-refractivity contribution in [3.8, 4) is 0 Å². The molecule has 1 aromatic carbocycles. The van der Waals surface area contributed by atoms with Crippen molar-refractivity contribution >= 4 is 15.7 Å².